The highest BCUT2D eigenvalue weighted by Crippen LogP contribution is 2.54. The first kappa shape index (κ1) is 15.0. The molecule has 4 fully saturated rings. The van der Waals surface area contributed by atoms with Crippen LogP contribution in [0.2, 0.25) is 0 Å². The van der Waals surface area contributed by atoms with Gasteiger partial charge in [-0.3, -0.25) is 19.3 Å². The minimum atomic E-state index is -1.20. The molecule has 0 aromatic heterocycles. The molecule has 0 saturated carbocycles. The summed E-state index contributed by atoms with van der Waals surface area (Å²) < 4.78 is 27.0. The van der Waals surface area contributed by atoms with Crippen molar-refractivity contribution in [3.63, 3.8) is 0 Å². The molecule has 7 atom stereocenters. The number of esters is 1. The van der Waals surface area contributed by atoms with Crippen LogP contribution in [-0.2, 0) is 38.1 Å². The average Bonchev–Trinajstić information content (AvgIpc) is 3.22. The molecule has 4 heterocycles. The highest BCUT2D eigenvalue weighted by molar-refractivity contribution is 6.08. The number of carbonyl (C=O) groups is 3. The number of amides is 2. The van der Waals surface area contributed by atoms with Crippen molar-refractivity contribution in [2.75, 3.05) is 20.8 Å². The van der Waals surface area contributed by atoms with E-state index in [2.05, 4.69) is 4.74 Å². The van der Waals surface area contributed by atoms with Gasteiger partial charge in [0.05, 0.1) is 31.2 Å². The van der Waals surface area contributed by atoms with Crippen LogP contribution in [0.25, 0.3) is 0 Å². The van der Waals surface area contributed by atoms with E-state index < -0.39 is 60.0 Å². The Bertz CT molecular complexity index is 555. The van der Waals surface area contributed by atoms with Crippen molar-refractivity contribution >= 4 is 17.8 Å². The van der Waals surface area contributed by atoms with Gasteiger partial charge in [0.25, 0.3) is 5.97 Å². The average molecular weight is 327 g/mol. The molecule has 9 nitrogen and oxygen atoms in total. The maximum Gasteiger partial charge on any atom is 0.325 e. The summed E-state index contributed by atoms with van der Waals surface area (Å²) in [5.41, 5.74) is 0. The van der Waals surface area contributed by atoms with Crippen LogP contribution in [0.15, 0.2) is 0 Å². The Kier molecular flexibility index (Phi) is 3.08. The lowest BCUT2D eigenvalue weighted by Gasteiger charge is -2.24. The number of carbonyl (C=O) groups excluding carboxylic acids is 3. The Labute approximate surface area is 131 Å². The largest absolute Gasteiger partial charge is 0.468 e. The Morgan fingerprint density at radius 3 is 2.04 bits per heavy atom. The highest BCUT2D eigenvalue weighted by atomic mass is 16.9. The van der Waals surface area contributed by atoms with Gasteiger partial charge in [-0.2, -0.15) is 0 Å². The first-order valence-corrected chi connectivity index (χ1v) is 7.38. The van der Waals surface area contributed by atoms with Gasteiger partial charge in [-0.25, -0.2) is 0 Å². The van der Waals surface area contributed by atoms with E-state index in [1.807, 2.05) is 0 Å². The topological polar surface area (TPSA) is 101 Å². The maximum absolute atomic E-state index is 12.5. The van der Waals surface area contributed by atoms with Crippen molar-refractivity contribution in [3.05, 3.63) is 0 Å². The van der Waals surface area contributed by atoms with Crippen molar-refractivity contribution in [1.82, 2.24) is 4.90 Å². The van der Waals surface area contributed by atoms with Gasteiger partial charge < -0.3 is 23.7 Å². The van der Waals surface area contributed by atoms with E-state index in [9.17, 15) is 14.4 Å². The minimum absolute atomic E-state index is 0.382. The molecule has 5 unspecified atom stereocenters. The van der Waals surface area contributed by atoms with E-state index in [4.69, 9.17) is 18.9 Å². The Hall–Kier alpha value is -1.55. The van der Waals surface area contributed by atoms with Crippen molar-refractivity contribution in [2.45, 2.75) is 37.3 Å². The smallest absolute Gasteiger partial charge is 0.325 e. The van der Waals surface area contributed by atoms with Gasteiger partial charge in [0.15, 0.2) is 0 Å². The predicted octanol–water partition coefficient (Wildman–Crippen LogP) is -1.35. The zero-order chi connectivity index (χ0) is 16.5. The molecule has 126 valence electrons. The zero-order valence-corrected chi connectivity index (χ0v) is 12.9. The fourth-order valence-electron chi connectivity index (χ4n) is 3.99. The zero-order valence-electron chi connectivity index (χ0n) is 12.9. The van der Waals surface area contributed by atoms with Gasteiger partial charge in [-0.05, 0) is 0 Å². The number of imide groups is 1. The van der Waals surface area contributed by atoms with E-state index in [1.165, 1.54) is 14.2 Å². The van der Waals surface area contributed by atoms with Crippen molar-refractivity contribution < 1.29 is 38.1 Å². The lowest BCUT2D eigenvalue weighted by atomic mass is 9.78. The van der Waals surface area contributed by atoms with Crippen molar-refractivity contribution in [1.29, 1.82) is 0 Å². The predicted molar refractivity (Wildman–Crippen MR) is 69.5 cm³/mol. The fourth-order valence-corrected chi connectivity index (χ4v) is 3.99. The van der Waals surface area contributed by atoms with Gasteiger partial charge in [0.1, 0.15) is 18.8 Å². The van der Waals surface area contributed by atoms with Crippen LogP contribution in [0.4, 0.5) is 0 Å². The molecule has 4 aliphatic rings. The summed E-state index contributed by atoms with van der Waals surface area (Å²) in [6.07, 6.45) is -2.10. The summed E-state index contributed by atoms with van der Waals surface area (Å²) in [5, 5.41) is 0. The summed E-state index contributed by atoms with van der Waals surface area (Å²) in [4.78, 5) is 37.5. The molecule has 23 heavy (non-hydrogen) atoms. The third kappa shape index (κ3) is 1.84. The monoisotopic (exact) mass is 327 g/mol. The molecule has 4 saturated heterocycles. The van der Waals surface area contributed by atoms with Crippen LogP contribution in [-0.4, -0.2) is 73.8 Å². The molecule has 0 aliphatic carbocycles. The molecule has 0 radical (unpaired) electrons. The second-order valence-corrected chi connectivity index (χ2v) is 6.19. The van der Waals surface area contributed by atoms with Gasteiger partial charge in [0, 0.05) is 14.0 Å². The fraction of sp³-hybridized carbons (Fsp3) is 0.786. The number of ether oxygens (including phenoxy) is 5. The number of fused-ring (bicyclic) bond motifs is 8. The van der Waals surface area contributed by atoms with Crippen LogP contribution in [0.5, 0.6) is 0 Å². The van der Waals surface area contributed by atoms with Crippen LogP contribution in [0.1, 0.15) is 6.92 Å². The number of methoxy groups -OCH3 is 2. The molecule has 2 bridgehead atoms. The van der Waals surface area contributed by atoms with Crippen molar-refractivity contribution in [2.24, 2.45) is 11.8 Å². The molecule has 9 heteroatoms. The van der Waals surface area contributed by atoms with E-state index in [1.54, 1.807) is 6.92 Å². The standard InChI is InChI=1S/C14H17NO8/c1-14(20-3)22-10-8-6-7(9(21-8)11(10)23-14)13(18)15(12(6)17)4-5(16)19-2/h6-11H,4H2,1-3H3/t6?,7?,8-,9?,10+,11?,14?/m0/s1. The first-order valence-electron chi connectivity index (χ1n) is 7.38. The Morgan fingerprint density at radius 2 is 1.61 bits per heavy atom. The number of likely N-dealkylation sites (tertiary alicyclic amines) is 1. The molecule has 0 aromatic rings. The molecular formula is C14H17NO8. The highest BCUT2D eigenvalue weighted by Gasteiger charge is 2.73. The third-order valence-electron chi connectivity index (χ3n) is 5.07. The number of nitrogens with zero attached hydrogens (tertiary/aromatic N) is 1. The molecule has 4 aliphatic heterocycles. The molecule has 0 N–H and O–H groups in total. The second-order valence-electron chi connectivity index (χ2n) is 6.19. The molecular weight excluding hydrogens is 310 g/mol. The normalized spacial score (nSPS) is 47.2. The number of rotatable bonds is 3. The molecule has 0 aromatic carbocycles. The summed E-state index contributed by atoms with van der Waals surface area (Å²) in [6.45, 7) is 1.25. The quantitative estimate of drug-likeness (QED) is 0.463. The molecule has 2 amide bonds. The minimum Gasteiger partial charge on any atom is -0.468 e. The van der Waals surface area contributed by atoms with E-state index in [0.29, 0.717) is 0 Å². The third-order valence-corrected chi connectivity index (χ3v) is 5.07. The van der Waals surface area contributed by atoms with E-state index in [-0.39, 0.29) is 6.54 Å². The second kappa shape index (κ2) is 4.73. The molecule has 4 rings (SSSR count). The number of hydrogen-bond acceptors (Lipinski definition) is 8. The molecule has 0 spiro atoms. The number of hydrogen-bond donors (Lipinski definition) is 0. The summed E-state index contributed by atoms with van der Waals surface area (Å²) >= 11 is 0. The van der Waals surface area contributed by atoms with Crippen LogP contribution < -0.4 is 0 Å². The lowest BCUT2D eigenvalue weighted by Crippen LogP contribution is -2.46. The van der Waals surface area contributed by atoms with Crippen LogP contribution in [0, 0.1) is 11.8 Å². The van der Waals surface area contributed by atoms with Crippen molar-refractivity contribution in [3.8, 4) is 0 Å². The lowest BCUT2D eigenvalue weighted by molar-refractivity contribution is -0.330. The van der Waals surface area contributed by atoms with Crippen LogP contribution >= 0.6 is 0 Å². The van der Waals surface area contributed by atoms with Gasteiger partial charge in [-0.15, -0.1) is 0 Å². The van der Waals surface area contributed by atoms with Gasteiger partial charge >= 0.3 is 5.97 Å². The summed E-state index contributed by atoms with van der Waals surface area (Å²) in [7, 11) is 2.66. The summed E-state index contributed by atoms with van der Waals surface area (Å²) in [6, 6.07) is 0. The Morgan fingerprint density at radius 1 is 1.09 bits per heavy atom. The Balaban J connectivity index is 1.60. The summed E-state index contributed by atoms with van der Waals surface area (Å²) in [5.74, 6) is -3.99. The van der Waals surface area contributed by atoms with E-state index >= 15 is 0 Å². The maximum atomic E-state index is 12.5. The first-order chi connectivity index (χ1) is 10.9. The van der Waals surface area contributed by atoms with Crippen LogP contribution in [0.3, 0.4) is 0 Å². The SMILES string of the molecule is COC(=O)CN1C(=O)C2C3O[C@@H](C2C1=O)[C@H]1OC(C)(OC)OC31. The van der Waals surface area contributed by atoms with Gasteiger partial charge in [-0.1, -0.05) is 0 Å². The van der Waals surface area contributed by atoms with E-state index in [0.717, 1.165) is 4.90 Å². The van der Waals surface area contributed by atoms with Gasteiger partial charge in [0.2, 0.25) is 11.8 Å².